The minimum atomic E-state index is -0.246. The van der Waals surface area contributed by atoms with Gasteiger partial charge in [-0.3, -0.25) is 19.3 Å². The van der Waals surface area contributed by atoms with Crippen LogP contribution in [0.25, 0.3) is 0 Å². The van der Waals surface area contributed by atoms with Crippen molar-refractivity contribution in [1.29, 1.82) is 0 Å². The second-order valence-electron chi connectivity index (χ2n) is 7.72. The highest BCUT2D eigenvalue weighted by Gasteiger charge is 2.38. The number of aromatic nitrogens is 2. The molecule has 2 amide bonds. The third-order valence-electron chi connectivity index (χ3n) is 5.92. The minimum absolute atomic E-state index is 0.0891. The zero-order chi connectivity index (χ0) is 20.4. The standard InChI is InChI=1S/C19H27N5O4S/c1-2-28-17(27)13-7-11-22(12-8-13)16(26)14-5-3-9-23(14)18-20-21-19(29-18)24-10-4-6-15(24)25/h13-14H,2-12H2,1H3/t14-/m0/s1. The van der Waals surface area contributed by atoms with Crippen LogP contribution in [0.1, 0.15) is 45.4 Å². The van der Waals surface area contributed by atoms with Crippen LogP contribution in [-0.4, -0.2) is 71.7 Å². The van der Waals surface area contributed by atoms with Crippen LogP contribution in [0.15, 0.2) is 0 Å². The van der Waals surface area contributed by atoms with Gasteiger partial charge in [0.15, 0.2) is 0 Å². The van der Waals surface area contributed by atoms with E-state index in [1.165, 1.54) is 11.3 Å². The molecular formula is C19H27N5O4S. The first-order chi connectivity index (χ1) is 14.1. The Balaban J connectivity index is 1.39. The van der Waals surface area contributed by atoms with Crippen molar-refractivity contribution in [3.05, 3.63) is 0 Å². The van der Waals surface area contributed by atoms with Crippen LogP contribution in [-0.2, 0) is 19.1 Å². The smallest absolute Gasteiger partial charge is 0.309 e. The van der Waals surface area contributed by atoms with E-state index in [4.69, 9.17) is 4.74 Å². The van der Waals surface area contributed by atoms with Gasteiger partial charge in [-0.15, -0.1) is 10.2 Å². The molecule has 0 aliphatic carbocycles. The van der Waals surface area contributed by atoms with E-state index in [2.05, 4.69) is 10.2 Å². The van der Waals surface area contributed by atoms with Gasteiger partial charge in [0, 0.05) is 32.6 Å². The Morgan fingerprint density at radius 1 is 1.07 bits per heavy atom. The highest BCUT2D eigenvalue weighted by Crippen LogP contribution is 2.34. The average Bonchev–Trinajstić information content (AvgIpc) is 3.47. The summed E-state index contributed by atoms with van der Waals surface area (Å²) in [6.45, 7) is 4.81. The molecule has 0 radical (unpaired) electrons. The van der Waals surface area contributed by atoms with Crippen molar-refractivity contribution >= 4 is 39.4 Å². The quantitative estimate of drug-likeness (QED) is 0.664. The van der Waals surface area contributed by atoms with E-state index in [-0.39, 0.29) is 29.7 Å². The van der Waals surface area contributed by atoms with Gasteiger partial charge in [-0.05, 0) is 39.0 Å². The Morgan fingerprint density at radius 3 is 2.52 bits per heavy atom. The van der Waals surface area contributed by atoms with Crippen LogP contribution in [0.2, 0.25) is 0 Å². The van der Waals surface area contributed by atoms with Crippen molar-refractivity contribution in [3.63, 3.8) is 0 Å². The number of hydrogen-bond acceptors (Lipinski definition) is 8. The molecule has 0 N–H and O–H groups in total. The molecular weight excluding hydrogens is 394 g/mol. The second-order valence-corrected chi connectivity index (χ2v) is 8.65. The summed E-state index contributed by atoms with van der Waals surface area (Å²) in [6, 6.07) is -0.246. The molecule has 3 aliphatic heterocycles. The molecule has 0 aromatic carbocycles. The van der Waals surface area contributed by atoms with Crippen LogP contribution in [0.4, 0.5) is 10.3 Å². The monoisotopic (exact) mass is 421 g/mol. The molecule has 1 aromatic heterocycles. The molecule has 1 aromatic rings. The lowest BCUT2D eigenvalue weighted by atomic mass is 9.96. The molecule has 4 rings (SSSR count). The van der Waals surface area contributed by atoms with Gasteiger partial charge in [0.2, 0.25) is 22.1 Å². The lowest BCUT2D eigenvalue weighted by Crippen LogP contribution is -2.49. The first kappa shape index (κ1) is 20.1. The molecule has 3 saturated heterocycles. The molecule has 158 valence electrons. The fourth-order valence-corrected chi connectivity index (χ4v) is 5.31. The molecule has 1 atom stereocenters. The number of hydrogen-bond donors (Lipinski definition) is 0. The highest BCUT2D eigenvalue weighted by atomic mass is 32.1. The summed E-state index contributed by atoms with van der Waals surface area (Å²) >= 11 is 1.39. The zero-order valence-electron chi connectivity index (χ0n) is 16.7. The van der Waals surface area contributed by atoms with Crippen molar-refractivity contribution in [2.75, 3.05) is 42.6 Å². The topological polar surface area (TPSA) is 95.9 Å². The first-order valence-electron chi connectivity index (χ1n) is 10.4. The largest absolute Gasteiger partial charge is 0.466 e. The van der Waals surface area contributed by atoms with E-state index in [0.29, 0.717) is 55.8 Å². The third-order valence-corrected chi connectivity index (χ3v) is 6.90. The van der Waals surface area contributed by atoms with Gasteiger partial charge in [0.25, 0.3) is 0 Å². The lowest BCUT2D eigenvalue weighted by molar-refractivity contribution is -0.151. The number of likely N-dealkylation sites (tertiary alicyclic amines) is 1. The summed E-state index contributed by atoms with van der Waals surface area (Å²) in [4.78, 5) is 42.6. The second kappa shape index (κ2) is 8.64. The predicted molar refractivity (Wildman–Crippen MR) is 108 cm³/mol. The summed E-state index contributed by atoms with van der Waals surface area (Å²) in [5.74, 6) is -0.0765. The summed E-state index contributed by atoms with van der Waals surface area (Å²) in [5, 5.41) is 9.81. The Hall–Kier alpha value is -2.23. The first-order valence-corrected chi connectivity index (χ1v) is 11.3. The third kappa shape index (κ3) is 4.08. The summed E-state index contributed by atoms with van der Waals surface area (Å²) in [6.07, 6.45) is 4.41. The van der Waals surface area contributed by atoms with Crippen molar-refractivity contribution in [2.45, 2.75) is 51.5 Å². The number of ether oxygens (including phenoxy) is 1. The van der Waals surface area contributed by atoms with Crippen LogP contribution in [0.5, 0.6) is 0 Å². The average molecular weight is 422 g/mol. The van der Waals surface area contributed by atoms with Crippen LogP contribution >= 0.6 is 11.3 Å². The van der Waals surface area contributed by atoms with E-state index < -0.39 is 0 Å². The van der Waals surface area contributed by atoms with Gasteiger partial charge in [0.05, 0.1) is 12.5 Å². The number of piperidine rings is 1. The van der Waals surface area contributed by atoms with Crippen molar-refractivity contribution in [2.24, 2.45) is 5.92 Å². The maximum atomic E-state index is 13.2. The van der Waals surface area contributed by atoms with Gasteiger partial charge in [0.1, 0.15) is 6.04 Å². The molecule has 3 aliphatic rings. The van der Waals surface area contributed by atoms with Gasteiger partial charge >= 0.3 is 5.97 Å². The molecule has 9 nitrogen and oxygen atoms in total. The molecule has 0 bridgehead atoms. The van der Waals surface area contributed by atoms with Crippen LogP contribution < -0.4 is 9.80 Å². The predicted octanol–water partition coefficient (Wildman–Crippen LogP) is 1.44. The highest BCUT2D eigenvalue weighted by molar-refractivity contribution is 7.19. The molecule has 0 saturated carbocycles. The van der Waals surface area contributed by atoms with Crippen molar-refractivity contribution in [3.8, 4) is 0 Å². The lowest BCUT2D eigenvalue weighted by Gasteiger charge is -2.34. The molecule has 0 unspecified atom stereocenters. The van der Waals surface area contributed by atoms with Crippen molar-refractivity contribution in [1.82, 2.24) is 15.1 Å². The van der Waals surface area contributed by atoms with Gasteiger partial charge in [-0.2, -0.15) is 0 Å². The number of esters is 1. The zero-order valence-corrected chi connectivity index (χ0v) is 17.5. The Kier molecular flexibility index (Phi) is 5.98. The van der Waals surface area contributed by atoms with Gasteiger partial charge in [-0.25, -0.2) is 0 Å². The van der Waals surface area contributed by atoms with E-state index in [9.17, 15) is 14.4 Å². The summed E-state index contributed by atoms with van der Waals surface area (Å²) < 4.78 is 5.11. The number of nitrogens with zero attached hydrogens (tertiary/aromatic N) is 5. The molecule has 29 heavy (non-hydrogen) atoms. The number of amides is 2. The fraction of sp³-hybridized carbons (Fsp3) is 0.737. The number of carbonyl (C=O) groups is 3. The molecule has 0 spiro atoms. The number of carbonyl (C=O) groups excluding carboxylic acids is 3. The van der Waals surface area contributed by atoms with E-state index in [1.54, 1.807) is 4.90 Å². The minimum Gasteiger partial charge on any atom is -0.466 e. The van der Waals surface area contributed by atoms with E-state index in [0.717, 1.165) is 25.8 Å². The number of rotatable bonds is 5. The number of anilines is 2. The summed E-state index contributed by atoms with van der Waals surface area (Å²) in [7, 11) is 0. The summed E-state index contributed by atoms with van der Waals surface area (Å²) in [5.41, 5.74) is 0. The van der Waals surface area contributed by atoms with E-state index in [1.807, 2.05) is 16.7 Å². The van der Waals surface area contributed by atoms with Gasteiger partial charge < -0.3 is 14.5 Å². The molecule has 3 fully saturated rings. The normalized spacial score (nSPS) is 23.1. The molecule has 4 heterocycles. The van der Waals surface area contributed by atoms with Gasteiger partial charge in [-0.1, -0.05) is 11.3 Å². The van der Waals surface area contributed by atoms with Crippen LogP contribution in [0, 0.1) is 5.92 Å². The van der Waals surface area contributed by atoms with E-state index >= 15 is 0 Å². The molecule has 10 heteroatoms. The maximum absolute atomic E-state index is 13.2. The van der Waals surface area contributed by atoms with Crippen molar-refractivity contribution < 1.29 is 19.1 Å². The Morgan fingerprint density at radius 2 is 1.83 bits per heavy atom. The fourth-order valence-electron chi connectivity index (χ4n) is 4.34. The van der Waals surface area contributed by atoms with Crippen LogP contribution in [0.3, 0.4) is 0 Å². The SMILES string of the molecule is CCOC(=O)C1CCN(C(=O)[C@@H]2CCCN2c2nnc(N3CCCC3=O)s2)CC1. The Bertz CT molecular complexity index is 776. The maximum Gasteiger partial charge on any atom is 0.309 e. The Labute approximate surface area is 174 Å².